The molecule has 0 radical (unpaired) electrons. The summed E-state index contributed by atoms with van der Waals surface area (Å²) in [6, 6.07) is 8.12. The van der Waals surface area contributed by atoms with Crippen LogP contribution in [0.2, 0.25) is 0 Å². The summed E-state index contributed by atoms with van der Waals surface area (Å²) in [6.45, 7) is 6.84. The summed E-state index contributed by atoms with van der Waals surface area (Å²) in [5, 5.41) is 1.00. The second-order valence-electron chi connectivity index (χ2n) is 9.10. The fraction of sp³-hybridized carbons (Fsp3) is 0.435. The van der Waals surface area contributed by atoms with Crippen LogP contribution in [0, 0.1) is 12.3 Å². The number of rotatable bonds is 2. The summed E-state index contributed by atoms with van der Waals surface area (Å²) in [6.07, 6.45) is 3.22. The van der Waals surface area contributed by atoms with E-state index < -0.39 is 0 Å². The quantitative estimate of drug-likeness (QED) is 0.645. The highest BCUT2D eigenvalue weighted by molar-refractivity contribution is 7.18. The molecule has 1 aromatic carbocycles. The van der Waals surface area contributed by atoms with Crippen molar-refractivity contribution in [2.24, 2.45) is 5.41 Å². The van der Waals surface area contributed by atoms with Crippen LogP contribution in [0.1, 0.15) is 76.3 Å². The van der Waals surface area contributed by atoms with Gasteiger partial charge < -0.3 is 9.88 Å². The van der Waals surface area contributed by atoms with Gasteiger partial charge in [-0.2, -0.15) is 0 Å². The van der Waals surface area contributed by atoms with Gasteiger partial charge in [-0.1, -0.05) is 26.0 Å². The number of H-pyrrole nitrogens is 1. The maximum Gasteiger partial charge on any atom is 0.271 e. The van der Waals surface area contributed by atoms with E-state index >= 15 is 0 Å². The molecule has 1 N–H and O–H groups in total. The molecule has 5 nitrogen and oxygen atoms in total. The van der Waals surface area contributed by atoms with Crippen molar-refractivity contribution in [3.63, 3.8) is 0 Å². The van der Waals surface area contributed by atoms with E-state index in [1.54, 1.807) is 11.3 Å². The highest BCUT2D eigenvalue weighted by Gasteiger charge is 2.38. The first kappa shape index (κ1) is 18.6. The number of carbonyl (C=O) groups is 2. The summed E-state index contributed by atoms with van der Waals surface area (Å²) in [5.41, 5.74) is 3.96. The zero-order valence-corrected chi connectivity index (χ0v) is 17.9. The molecular weight excluding hydrogens is 382 g/mol. The van der Waals surface area contributed by atoms with Gasteiger partial charge in [0, 0.05) is 24.2 Å². The Bertz CT molecular complexity index is 1110. The molecule has 1 aliphatic carbocycles. The lowest BCUT2D eigenvalue weighted by Crippen LogP contribution is -2.31. The average molecular weight is 408 g/mol. The van der Waals surface area contributed by atoms with Crippen molar-refractivity contribution in [3.05, 3.63) is 51.8 Å². The Morgan fingerprint density at radius 1 is 1.28 bits per heavy atom. The molecule has 150 valence electrons. The molecule has 3 heterocycles. The number of likely N-dealkylation sites (tertiary alicyclic amines) is 1. The minimum absolute atomic E-state index is 0.00627. The standard InChI is InChI=1S/C23H25N3O2S/c1-13-19-15(11-23(2,3)12-17(19)27)24-20(13)22(28)26-10-6-8-16(26)21-25-14-7-4-5-9-18(14)29-21/h4-5,7,9,16,24H,6,8,10-12H2,1-3H3/t16-/m1/s1. The summed E-state index contributed by atoms with van der Waals surface area (Å²) >= 11 is 1.67. The number of nitrogens with one attached hydrogen (secondary N) is 1. The van der Waals surface area contributed by atoms with Crippen LogP contribution >= 0.6 is 11.3 Å². The number of hydrogen-bond donors (Lipinski definition) is 1. The Kier molecular flexibility index (Phi) is 4.17. The smallest absolute Gasteiger partial charge is 0.271 e. The van der Waals surface area contributed by atoms with Crippen LogP contribution in [0.15, 0.2) is 24.3 Å². The predicted octanol–water partition coefficient (Wildman–Crippen LogP) is 5.07. The number of carbonyl (C=O) groups excluding carboxylic acids is 2. The number of hydrogen-bond acceptors (Lipinski definition) is 4. The normalized spacial score (nSPS) is 21.0. The van der Waals surface area contributed by atoms with Crippen molar-refractivity contribution in [3.8, 4) is 0 Å². The van der Waals surface area contributed by atoms with E-state index in [1.165, 1.54) is 0 Å². The van der Waals surface area contributed by atoms with Crippen LogP contribution in [0.5, 0.6) is 0 Å². The molecule has 3 aromatic rings. The van der Waals surface area contributed by atoms with E-state index in [-0.39, 0.29) is 23.1 Å². The van der Waals surface area contributed by atoms with Gasteiger partial charge in [-0.3, -0.25) is 9.59 Å². The Labute approximate surface area is 174 Å². The Balaban J connectivity index is 1.50. The van der Waals surface area contributed by atoms with E-state index in [0.29, 0.717) is 12.1 Å². The molecule has 29 heavy (non-hydrogen) atoms. The monoisotopic (exact) mass is 407 g/mol. The van der Waals surface area contributed by atoms with Gasteiger partial charge in [0.25, 0.3) is 5.91 Å². The van der Waals surface area contributed by atoms with Crippen molar-refractivity contribution >= 4 is 33.2 Å². The molecule has 1 atom stereocenters. The SMILES string of the molecule is Cc1c(C(=O)N2CCC[C@@H]2c2nc3ccccc3s2)[nH]c2c1C(=O)CC(C)(C)C2. The summed E-state index contributed by atoms with van der Waals surface area (Å²) in [5.74, 6) is 0.137. The fourth-order valence-corrected chi connectivity index (χ4v) is 6.00. The van der Waals surface area contributed by atoms with Crippen molar-refractivity contribution in [2.75, 3.05) is 6.54 Å². The van der Waals surface area contributed by atoms with Gasteiger partial charge in [0.15, 0.2) is 5.78 Å². The lowest BCUT2D eigenvalue weighted by molar-refractivity contribution is 0.0729. The van der Waals surface area contributed by atoms with E-state index in [9.17, 15) is 9.59 Å². The van der Waals surface area contributed by atoms with Crippen LogP contribution < -0.4 is 0 Å². The van der Waals surface area contributed by atoms with Gasteiger partial charge in [0.1, 0.15) is 10.7 Å². The van der Waals surface area contributed by atoms with Crippen LogP contribution in [-0.4, -0.2) is 33.1 Å². The first-order valence-corrected chi connectivity index (χ1v) is 11.1. The number of Topliss-reactive ketones (excluding diaryl/α,β-unsaturated/α-hetero) is 1. The predicted molar refractivity (Wildman–Crippen MR) is 115 cm³/mol. The fourth-order valence-electron chi connectivity index (χ4n) is 4.89. The first-order chi connectivity index (χ1) is 13.8. The second kappa shape index (κ2) is 6.52. The average Bonchev–Trinajstić information content (AvgIpc) is 3.36. The van der Waals surface area contributed by atoms with Crippen molar-refractivity contribution in [1.82, 2.24) is 14.9 Å². The van der Waals surface area contributed by atoms with Gasteiger partial charge in [-0.25, -0.2) is 4.98 Å². The molecule has 1 amide bonds. The molecule has 0 saturated carbocycles. The third-order valence-electron chi connectivity index (χ3n) is 6.22. The molecule has 2 aromatic heterocycles. The maximum absolute atomic E-state index is 13.5. The van der Waals surface area contributed by atoms with Crippen molar-refractivity contribution in [2.45, 2.75) is 52.5 Å². The molecule has 5 rings (SSSR count). The van der Waals surface area contributed by atoms with Crippen LogP contribution in [0.4, 0.5) is 0 Å². The van der Waals surface area contributed by atoms with Crippen LogP contribution in [0.3, 0.4) is 0 Å². The lowest BCUT2D eigenvalue weighted by Gasteiger charge is -2.28. The number of benzene rings is 1. The van der Waals surface area contributed by atoms with Gasteiger partial charge in [-0.05, 0) is 49.3 Å². The first-order valence-electron chi connectivity index (χ1n) is 10.3. The Hall–Kier alpha value is -2.47. The summed E-state index contributed by atoms with van der Waals surface area (Å²) in [7, 11) is 0. The van der Waals surface area contributed by atoms with Gasteiger partial charge in [0.2, 0.25) is 0 Å². The van der Waals surface area contributed by atoms with Crippen molar-refractivity contribution in [1.29, 1.82) is 0 Å². The number of aromatic nitrogens is 2. The number of fused-ring (bicyclic) bond motifs is 2. The zero-order valence-electron chi connectivity index (χ0n) is 17.0. The maximum atomic E-state index is 13.5. The molecule has 0 unspecified atom stereocenters. The molecule has 6 heteroatoms. The lowest BCUT2D eigenvalue weighted by atomic mass is 9.75. The van der Waals surface area contributed by atoms with Gasteiger partial charge >= 0.3 is 0 Å². The molecule has 2 aliphatic rings. The number of thiazole rings is 1. The summed E-state index contributed by atoms with van der Waals surface area (Å²) in [4.78, 5) is 36.3. The largest absolute Gasteiger partial charge is 0.354 e. The van der Waals surface area contributed by atoms with Crippen LogP contribution in [0.25, 0.3) is 10.2 Å². The number of para-hydroxylation sites is 1. The summed E-state index contributed by atoms with van der Waals surface area (Å²) < 4.78 is 1.15. The van der Waals surface area contributed by atoms with E-state index in [0.717, 1.165) is 57.9 Å². The highest BCUT2D eigenvalue weighted by Crippen LogP contribution is 2.40. The molecule has 1 aliphatic heterocycles. The molecular formula is C23H25N3O2S. The topological polar surface area (TPSA) is 66.1 Å². The number of nitrogens with zero attached hydrogens (tertiary/aromatic N) is 2. The Morgan fingerprint density at radius 3 is 2.86 bits per heavy atom. The molecule has 0 bridgehead atoms. The number of aromatic amines is 1. The number of ketones is 1. The minimum atomic E-state index is -0.0706. The van der Waals surface area contributed by atoms with Gasteiger partial charge in [0.05, 0.1) is 16.3 Å². The Morgan fingerprint density at radius 2 is 2.07 bits per heavy atom. The highest BCUT2D eigenvalue weighted by atomic mass is 32.1. The van der Waals surface area contributed by atoms with Crippen LogP contribution in [-0.2, 0) is 6.42 Å². The minimum Gasteiger partial charge on any atom is -0.354 e. The molecule has 0 spiro atoms. The van der Waals surface area contributed by atoms with E-state index in [2.05, 4.69) is 24.9 Å². The van der Waals surface area contributed by atoms with Gasteiger partial charge in [-0.15, -0.1) is 11.3 Å². The van der Waals surface area contributed by atoms with E-state index in [1.807, 2.05) is 30.0 Å². The molecule has 1 saturated heterocycles. The number of amides is 1. The third-order valence-corrected chi connectivity index (χ3v) is 7.36. The third kappa shape index (κ3) is 3.01. The zero-order chi connectivity index (χ0) is 20.3. The molecule has 1 fully saturated rings. The second-order valence-corrected chi connectivity index (χ2v) is 10.2. The van der Waals surface area contributed by atoms with E-state index in [4.69, 9.17) is 4.98 Å². The van der Waals surface area contributed by atoms with Crippen molar-refractivity contribution < 1.29 is 9.59 Å².